The average molecular weight is 225 g/mol. The quantitative estimate of drug-likeness (QED) is 0.738. The molecule has 0 spiro atoms. The minimum Gasteiger partial charge on any atom is -0.306 e. The van der Waals surface area contributed by atoms with E-state index in [4.69, 9.17) is 0 Å². The van der Waals surface area contributed by atoms with Crippen molar-refractivity contribution in [1.82, 2.24) is 15.8 Å². The third-order valence-electron chi connectivity index (χ3n) is 3.50. The molecule has 2 aliphatic rings. The Morgan fingerprint density at radius 2 is 1.81 bits per heavy atom. The van der Waals surface area contributed by atoms with Gasteiger partial charge in [-0.1, -0.05) is 19.3 Å². The Balaban J connectivity index is 1.76. The van der Waals surface area contributed by atoms with Crippen molar-refractivity contribution in [2.75, 3.05) is 19.6 Å². The van der Waals surface area contributed by atoms with Gasteiger partial charge >= 0.3 is 0 Å². The summed E-state index contributed by atoms with van der Waals surface area (Å²) < 4.78 is 0. The summed E-state index contributed by atoms with van der Waals surface area (Å²) in [6, 6.07) is 0.0319. The number of carbonyl (C=O) groups excluding carboxylic acids is 1. The van der Waals surface area contributed by atoms with Crippen LogP contribution in [-0.4, -0.2) is 36.6 Å². The summed E-state index contributed by atoms with van der Waals surface area (Å²) in [7, 11) is 0. The molecule has 0 saturated carbocycles. The lowest BCUT2D eigenvalue weighted by Gasteiger charge is -2.28. The van der Waals surface area contributed by atoms with Gasteiger partial charge in [-0.2, -0.15) is 0 Å². The summed E-state index contributed by atoms with van der Waals surface area (Å²) in [5.74, 6) is 0.170. The number of piperidine rings is 1. The molecular weight excluding hydrogens is 202 g/mol. The maximum atomic E-state index is 12.0. The van der Waals surface area contributed by atoms with Crippen molar-refractivity contribution in [3.8, 4) is 0 Å². The predicted octanol–water partition coefficient (Wildman–Crippen LogP) is 1.04. The Bertz CT molecular complexity index is 218. The number of nitrogens with one attached hydrogen (secondary N) is 2. The van der Waals surface area contributed by atoms with Crippen molar-refractivity contribution in [3.05, 3.63) is 0 Å². The van der Waals surface area contributed by atoms with Crippen molar-refractivity contribution in [1.29, 1.82) is 0 Å². The highest BCUT2D eigenvalue weighted by atomic mass is 16.2. The topological polar surface area (TPSA) is 44.4 Å². The van der Waals surface area contributed by atoms with Crippen LogP contribution in [0.1, 0.15) is 44.9 Å². The lowest BCUT2D eigenvalue weighted by molar-refractivity contribution is -0.128. The van der Waals surface area contributed by atoms with Gasteiger partial charge in [-0.25, -0.2) is 5.01 Å². The van der Waals surface area contributed by atoms with Crippen LogP contribution in [-0.2, 0) is 4.79 Å². The Kier molecular flexibility index (Phi) is 4.60. The van der Waals surface area contributed by atoms with Crippen molar-refractivity contribution in [2.24, 2.45) is 0 Å². The fraction of sp³-hybridized carbons (Fsp3) is 0.917. The van der Waals surface area contributed by atoms with E-state index < -0.39 is 0 Å². The number of rotatable bonds is 2. The first-order chi connectivity index (χ1) is 7.86. The van der Waals surface area contributed by atoms with Crippen LogP contribution < -0.4 is 10.7 Å². The van der Waals surface area contributed by atoms with Crippen molar-refractivity contribution in [3.63, 3.8) is 0 Å². The van der Waals surface area contributed by atoms with E-state index in [1.54, 1.807) is 0 Å². The first kappa shape index (κ1) is 11.9. The first-order valence-corrected chi connectivity index (χ1v) is 6.65. The van der Waals surface area contributed by atoms with Gasteiger partial charge in [-0.15, -0.1) is 0 Å². The standard InChI is InChI=1S/C12H23N3O/c16-12(11-7-3-1-4-8-13-11)14-15-9-5-2-6-10-15/h11,13H,1-10H2,(H,14,16). The number of carbonyl (C=O) groups is 1. The van der Waals surface area contributed by atoms with E-state index in [0.717, 1.165) is 26.1 Å². The van der Waals surface area contributed by atoms with Gasteiger partial charge in [0.15, 0.2) is 0 Å². The third-order valence-corrected chi connectivity index (χ3v) is 3.50. The van der Waals surface area contributed by atoms with E-state index in [9.17, 15) is 4.79 Å². The highest BCUT2D eigenvalue weighted by molar-refractivity contribution is 5.81. The van der Waals surface area contributed by atoms with E-state index in [1.807, 2.05) is 0 Å². The highest BCUT2D eigenvalue weighted by Crippen LogP contribution is 2.10. The van der Waals surface area contributed by atoms with Crippen LogP contribution in [0.3, 0.4) is 0 Å². The molecule has 2 N–H and O–H groups in total. The number of hydrogen-bond donors (Lipinski definition) is 2. The van der Waals surface area contributed by atoms with Crippen LogP contribution in [0, 0.1) is 0 Å². The van der Waals surface area contributed by atoms with E-state index in [2.05, 4.69) is 15.8 Å². The molecule has 0 aliphatic carbocycles. The zero-order chi connectivity index (χ0) is 11.2. The molecule has 1 amide bonds. The normalized spacial score (nSPS) is 28.4. The molecule has 0 aromatic carbocycles. The monoisotopic (exact) mass is 225 g/mol. The molecule has 2 fully saturated rings. The third kappa shape index (κ3) is 3.46. The zero-order valence-corrected chi connectivity index (χ0v) is 10.0. The summed E-state index contributed by atoms with van der Waals surface area (Å²) in [6.07, 6.45) is 8.32. The van der Waals surface area contributed by atoms with Crippen molar-refractivity contribution in [2.45, 2.75) is 51.0 Å². The Hall–Kier alpha value is -0.610. The lowest BCUT2D eigenvalue weighted by Crippen LogP contribution is -2.52. The molecule has 2 aliphatic heterocycles. The summed E-state index contributed by atoms with van der Waals surface area (Å²) >= 11 is 0. The maximum Gasteiger partial charge on any atom is 0.251 e. The molecule has 4 heteroatoms. The van der Waals surface area contributed by atoms with Crippen LogP contribution in [0.15, 0.2) is 0 Å². The molecule has 2 rings (SSSR count). The second kappa shape index (κ2) is 6.21. The van der Waals surface area contributed by atoms with Gasteiger partial charge in [0, 0.05) is 13.1 Å². The van der Waals surface area contributed by atoms with Crippen molar-refractivity contribution < 1.29 is 4.79 Å². The smallest absolute Gasteiger partial charge is 0.251 e. The fourth-order valence-corrected chi connectivity index (χ4v) is 2.49. The Labute approximate surface area is 97.7 Å². The van der Waals surface area contributed by atoms with Crippen LogP contribution in [0.2, 0.25) is 0 Å². The minimum atomic E-state index is 0.0319. The zero-order valence-electron chi connectivity index (χ0n) is 10.0. The molecule has 2 heterocycles. The van der Waals surface area contributed by atoms with Gasteiger partial charge < -0.3 is 5.32 Å². The molecule has 2 saturated heterocycles. The number of hydrogen-bond acceptors (Lipinski definition) is 3. The van der Waals surface area contributed by atoms with E-state index in [1.165, 1.54) is 38.5 Å². The molecule has 0 aromatic rings. The maximum absolute atomic E-state index is 12.0. The van der Waals surface area contributed by atoms with Gasteiger partial charge in [0.05, 0.1) is 6.04 Å². The molecule has 1 unspecified atom stereocenters. The van der Waals surface area contributed by atoms with Gasteiger partial charge in [-0.3, -0.25) is 10.2 Å². The summed E-state index contributed by atoms with van der Waals surface area (Å²) in [4.78, 5) is 12.0. The van der Waals surface area contributed by atoms with Gasteiger partial charge in [0.2, 0.25) is 0 Å². The molecule has 92 valence electrons. The molecule has 16 heavy (non-hydrogen) atoms. The van der Waals surface area contributed by atoms with Crippen LogP contribution >= 0.6 is 0 Å². The predicted molar refractivity (Wildman–Crippen MR) is 63.8 cm³/mol. The highest BCUT2D eigenvalue weighted by Gasteiger charge is 2.21. The Morgan fingerprint density at radius 1 is 1.06 bits per heavy atom. The lowest BCUT2D eigenvalue weighted by atomic mass is 10.1. The first-order valence-electron chi connectivity index (χ1n) is 6.65. The fourth-order valence-electron chi connectivity index (χ4n) is 2.49. The molecule has 4 nitrogen and oxygen atoms in total. The summed E-state index contributed by atoms with van der Waals surface area (Å²) in [5.41, 5.74) is 3.05. The largest absolute Gasteiger partial charge is 0.306 e. The van der Waals surface area contributed by atoms with Crippen LogP contribution in [0.4, 0.5) is 0 Å². The molecule has 0 radical (unpaired) electrons. The summed E-state index contributed by atoms with van der Waals surface area (Å²) in [6.45, 7) is 3.01. The van der Waals surface area contributed by atoms with Gasteiger partial charge in [0.25, 0.3) is 5.91 Å². The molecule has 1 atom stereocenters. The number of nitrogens with zero attached hydrogens (tertiary/aromatic N) is 1. The van der Waals surface area contributed by atoms with Crippen LogP contribution in [0.5, 0.6) is 0 Å². The number of hydrazine groups is 1. The molecule has 0 aromatic heterocycles. The van der Waals surface area contributed by atoms with Crippen molar-refractivity contribution >= 4 is 5.91 Å². The minimum absolute atomic E-state index is 0.0319. The van der Waals surface area contributed by atoms with Crippen LogP contribution in [0.25, 0.3) is 0 Å². The van der Waals surface area contributed by atoms with Gasteiger partial charge in [-0.05, 0) is 32.2 Å². The second-order valence-corrected chi connectivity index (χ2v) is 4.88. The summed E-state index contributed by atoms with van der Waals surface area (Å²) in [5, 5.41) is 5.41. The van der Waals surface area contributed by atoms with Gasteiger partial charge in [0.1, 0.15) is 0 Å². The molecule has 0 bridgehead atoms. The van der Waals surface area contributed by atoms with E-state index in [-0.39, 0.29) is 11.9 Å². The van der Waals surface area contributed by atoms with E-state index in [0.29, 0.717) is 0 Å². The Morgan fingerprint density at radius 3 is 2.62 bits per heavy atom. The van der Waals surface area contributed by atoms with E-state index >= 15 is 0 Å². The number of amides is 1. The second-order valence-electron chi connectivity index (χ2n) is 4.88. The average Bonchev–Trinajstić information content (AvgIpc) is 2.59. The SMILES string of the molecule is O=C(NN1CCCCC1)C1CCCCCN1. The molecular formula is C12H23N3O.